The molecule has 3 N–H and O–H groups in total. The fourth-order valence-corrected chi connectivity index (χ4v) is 3.92. The van der Waals surface area contributed by atoms with Crippen molar-refractivity contribution < 1.29 is 23.9 Å². The van der Waals surface area contributed by atoms with Gasteiger partial charge in [-0.15, -0.1) is 0 Å². The number of para-hydroxylation sites is 3. The van der Waals surface area contributed by atoms with Gasteiger partial charge in [-0.2, -0.15) is 0 Å². The second-order valence-corrected chi connectivity index (χ2v) is 7.89. The number of aromatic amines is 1. The largest absolute Gasteiger partial charge is 0.451 e. The molecule has 9 nitrogen and oxygen atoms in total. The minimum atomic E-state index is -1.16. The lowest BCUT2D eigenvalue weighted by Gasteiger charge is -2.31. The maximum Gasteiger partial charge on any atom is 0.329 e. The molecule has 9 heteroatoms. The molecule has 0 saturated carbocycles. The first-order chi connectivity index (χ1) is 15.8. The minimum Gasteiger partial charge on any atom is -0.451 e. The van der Waals surface area contributed by atoms with Crippen LogP contribution in [0.4, 0.5) is 11.4 Å². The van der Waals surface area contributed by atoms with Gasteiger partial charge in [-0.25, -0.2) is 4.79 Å². The molecule has 0 fully saturated rings. The lowest BCUT2D eigenvalue weighted by atomic mass is 10.0. The molecular formula is C24H24N4O5. The average molecular weight is 448 g/mol. The highest BCUT2D eigenvalue weighted by atomic mass is 16.5. The molecule has 0 bridgehead atoms. The topological polar surface area (TPSA) is 121 Å². The van der Waals surface area contributed by atoms with Crippen LogP contribution < -0.4 is 15.5 Å². The number of esters is 1. The molecule has 2 heterocycles. The zero-order valence-electron chi connectivity index (χ0n) is 18.3. The van der Waals surface area contributed by atoms with Gasteiger partial charge in [0.2, 0.25) is 11.8 Å². The highest BCUT2D eigenvalue weighted by molar-refractivity contribution is 6.11. The van der Waals surface area contributed by atoms with Crippen molar-refractivity contribution in [3.63, 3.8) is 0 Å². The van der Waals surface area contributed by atoms with Gasteiger partial charge in [0, 0.05) is 30.4 Å². The van der Waals surface area contributed by atoms with Crippen molar-refractivity contribution in [3.8, 4) is 0 Å². The van der Waals surface area contributed by atoms with Gasteiger partial charge in [0.1, 0.15) is 12.6 Å². The first-order valence-corrected chi connectivity index (χ1v) is 10.6. The molecule has 0 unspecified atom stereocenters. The van der Waals surface area contributed by atoms with Gasteiger partial charge in [-0.3, -0.25) is 19.3 Å². The monoisotopic (exact) mass is 448 g/mol. The molecule has 0 radical (unpaired) electrons. The quantitative estimate of drug-likeness (QED) is 0.499. The van der Waals surface area contributed by atoms with Crippen LogP contribution in [-0.4, -0.2) is 47.4 Å². The van der Waals surface area contributed by atoms with Crippen molar-refractivity contribution in [3.05, 3.63) is 60.3 Å². The Bertz CT molecular complexity index is 1230. The van der Waals surface area contributed by atoms with Gasteiger partial charge in [0.15, 0.2) is 6.10 Å². The maximum absolute atomic E-state index is 13.1. The van der Waals surface area contributed by atoms with Gasteiger partial charge < -0.3 is 20.4 Å². The van der Waals surface area contributed by atoms with Gasteiger partial charge in [-0.05, 0) is 30.7 Å². The van der Waals surface area contributed by atoms with Crippen molar-refractivity contribution in [2.45, 2.75) is 32.4 Å². The number of rotatable bonds is 6. The number of benzene rings is 2. The molecule has 0 spiro atoms. The summed E-state index contributed by atoms with van der Waals surface area (Å²) in [7, 11) is 0. The van der Waals surface area contributed by atoms with Crippen LogP contribution in [0, 0.1) is 0 Å². The lowest BCUT2D eigenvalue weighted by molar-refractivity contribution is -0.156. The molecule has 3 amide bonds. The van der Waals surface area contributed by atoms with E-state index in [4.69, 9.17) is 4.74 Å². The van der Waals surface area contributed by atoms with Crippen LogP contribution in [0.25, 0.3) is 10.9 Å². The van der Waals surface area contributed by atoms with Crippen LogP contribution in [-0.2, 0) is 30.3 Å². The SMILES string of the molecule is CC(=O)N[C@@H](Cc1c[nH]c2ccccc12)C(=O)O[C@@H](C)C(=O)N1CC(=O)Nc2ccccc21. The summed E-state index contributed by atoms with van der Waals surface area (Å²) in [5.74, 6) is -1.99. The van der Waals surface area contributed by atoms with Crippen LogP contribution in [0.5, 0.6) is 0 Å². The van der Waals surface area contributed by atoms with Crippen LogP contribution in [0.2, 0.25) is 0 Å². The number of carbonyl (C=O) groups excluding carboxylic acids is 4. The summed E-state index contributed by atoms with van der Waals surface area (Å²) >= 11 is 0. The summed E-state index contributed by atoms with van der Waals surface area (Å²) in [4.78, 5) is 54.2. The number of hydrogen-bond donors (Lipinski definition) is 3. The fraction of sp³-hybridized carbons (Fsp3) is 0.250. The molecule has 1 aliphatic heterocycles. The van der Waals surface area contributed by atoms with Crippen LogP contribution >= 0.6 is 0 Å². The number of amides is 3. The second kappa shape index (κ2) is 9.15. The van der Waals surface area contributed by atoms with Crippen LogP contribution in [0.3, 0.4) is 0 Å². The average Bonchev–Trinajstić information content (AvgIpc) is 3.20. The van der Waals surface area contributed by atoms with Crippen molar-refractivity contribution in [1.29, 1.82) is 0 Å². The minimum absolute atomic E-state index is 0.178. The molecule has 2 aromatic carbocycles. The molecule has 170 valence electrons. The van der Waals surface area contributed by atoms with E-state index < -0.39 is 29.9 Å². The van der Waals surface area contributed by atoms with E-state index in [-0.39, 0.29) is 18.9 Å². The Labute approximate surface area is 190 Å². The normalized spacial score (nSPS) is 14.7. The van der Waals surface area contributed by atoms with Crippen molar-refractivity contribution in [1.82, 2.24) is 10.3 Å². The third-order valence-corrected chi connectivity index (χ3v) is 5.44. The zero-order chi connectivity index (χ0) is 23.5. The van der Waals surface area contributed by atoms with Gasteiger partial charge in [0.05, 0.1) is 11.4 Å². The molecule has 33 heavy (non-hydrogen) atoms. The number of anilines is 2. The smallest absolute Gasteiger partial charge is 0.329 e. The Morgan fingerprint density at radius 1 is 1.12 bits per heavy atom. The summed E-state index contributed by atoms with van der Waals surface area (Å²) in [6.45, 7) is 2.58. The van der Waals surface area contributed by atoms with Crippen LogP contribution in [0.15, 0.2) is 54.7 Å². The number of ether oxygens (including phenoxy) is 1. The van der Waals surface area contributed by atoms with E-state index in [2.05, 4.69) is 15.6 Å². The molecule has 0 aliphatic carbocycles. The Morgan fingerprint density at radius 3 is 2.64 bits per heavy atom. The van der Waals surface area contributed by atoms with E-state index in [9.17, 15) is 19.2 Å². The lowest BCUT2D eigenvalue weighted by Crippen LogP contribution is -2.49. The molecular weight excluding hydrogens is 424 g/mol. The number of carbonyl (C=O) groups is 4. The van der Waals surface area contributed by atoms with Crippen LogP contribution in [0.1, 0.15) is 19.4 Å². The van der Waals surface area contributed by atoms with Crippen molar-refractivity contribution in [2.24, 2.45) is 0 Å². The van der Waals surface area contributed by atoms with E-state index in [1.165, 1.54) is 18.7 Å². The maximum atomic E-state index is 13.1. The third-order valence-electron chi connectivity index (χ3n) is 5.44. The van der Waals surface area contributed by atoms with Crippen molar-refractivity contribution in [2.75, 3.05) is 16.8 Å². The number of nitrogens with one attached hydrogen (secondary N) is 3. The highest BCUT2D eigenvalue weighted by Crippen LogP contribution is 2.29. The predicted octanol–water partition coefficient (Wildman–Crippen LogP) is 2.13. The number of aromatic nitrogens is 1. The zero-order valence-corrected chi connectivity index (χ0v) is 18.3. The molecule has 4 rings (SSSR count). The summed E-state index contributed by atoms with van der Waals surface area (Å²) in [6.07, 6.45) is 0.818. The first-order valence-electron chi connectivity index (χ1n) is 10.6. The Balaban J connectivity index is 1.50. The molecule has 0 saturated heterocycles. The summed E-state index contributed by atoms with van der Waals surface area (Å²) in [5, 5.41) is 6.26. The number of H-pyrrole nitrogens is 1. The summed E-state index contributed by atoms with van der Waals surface area (Å²) in [6, 6.07) is 13.5. The Morgan fingerprint density at radius 2 is 1.85 bits per heavy atom. The van der Waals surface area contributed by atoms with E-state index in [1.807, 2.05) is 24.3 Å². The highest BCUT2D eigenvalue weighted by Gasteiger charge is 2.33. The number of fused-ring (bicyclic) bond motifs is 2. The van der Waals surface area contributed by atoms with Crippen molar-refractivity contribution >= 4 is 46.0 Å². The van der Waals surface area contributed by atoms with Gasteiger partial charge in [0.25, 0.3) is 5.91 Å². The predicted molar refractivity (Wildman–Crippen MR) is 123 cm³/mol. The van der Waals surface area contributed by atoms with E-state index in [0.29, 0.717) is 11.4 Å². The Hall–Kier alpha value is -4.14. The summed E-state index contributed by atoms with van der Waals surface area (Å²) < 4.78 is 5.45. The first kappa shape index (κ1) is 22.1. The van der Waals surface area contributed by atoms with E-state index >= 15 is 0 Å². The van der Waals surface area contributed by atoms with E-state index in [0.717, 1.165) is 16.5 Å². The molecule has 3 aromatic rings. The summed E-state index contributed by atoms with van der Waals surface area (Å²) in [5.41, 5.74) is 2.79. The number of nitrogens with zero attached hydrogens (tertiary/aromatic N) is 1. The number of hydrogen-bond acceptors (Lipinski definition) is 5. The van der Waals surface area contributed by atoms with Gasteiger partial charge in [-0.1, -0.05) is 30.3 Å². The molecule has 1 aromatic heterocycles. The van der Waals surface area contributed by atoms with Gasteiger partial charge >= 0.3 is 5.97 Å². The molecule has 2 atom stereocenters. The fourth-order valence-electron chi connectivity index (χ4n) is 3.92. The molecule has 1 aliphatic rings. The Kier molecular flexibility index (Phi) is 6.12. The van der Waals surface area contributed by atoms with E-state index in [1.54, 1.807) is 30.5 Å². The third kappa shape index (κ3) is 4.72. The standard InChI is InChI=1S/C24H24N4O5/c1-14(23(31)28-13-22(30)27-19-9-5-6-10-21(19)28)33-24(32)20(26-15(2)29)11-16-12-25-18-8-4-3-7-17(16)18/h3-10,12,14,20,25H,11,13H2,1-2H3,(H,26,29)(H,27,30)/t14-,20-/m0/s1. The second-order valence-electron chi connectivity index (χ2n) is 7.89.